The van der Waals surface area contributed by atoms with Gasteiger partial charge in [0.1, 0.15) is 5.60 Å². The van der Waals surface area contributed by atoms with Crippen LogP contribution in [0.1, 0.15) is 50.5 Å². The van der Waals surface area contributed by atoms with Gasteiger partial charge in [-0.3, -0.25) is 9.69 Å². The first kappa shape index (κ1) is 17.5. The highest BCUT2D eigenvalue weighted by atomic mass is 16.6. The van der Waals surface area contributed by atoms with Crippen molar-refractivity contribution in [3.05, 3.63) is 24.0 Å². The molecule has 0 aliphatic carbocycles. The molecule has 2 rings (SSSR count). The zero-order chi connectivity index (χ0) is 16.9. The molecule has 128 valence electrons. The van der Waals surface area contributed by atoms with E-state index in [0.717, 1.165) is 25.8 Å². The molecule has 1 unspecified atom stereocenters. The number of piperidine rings is 1. The molecule has 0 bridgehead atoms. The number of aromatic amines is 1. The number of rotatable bonds is 5. The predicted molar refractivity (Wildman–Crippen MR) is 88.6 cm³/mol. The molecular weight excluding hydrogens is 294 g/mol. The molecule has 1 aliphatic heterocycles. The van der Waals surface area contributed by atoms with Gasteiger partial charge in [-0.15, -0.1) is 0 Å². The number of carbonyl (C=O) groups is 2. The van der Waals surface area contributed by atoms with Gasteiger partial charge in [0.25, 0.3) is 0 Å². The van der Waals surface area contributed by atoms with E-state index in [1.807, 2.05) is 26.8 Å². The number of ether oxygens (including phenoxy) is 1. The Hall–Kier alpha value is -1.82. The van der Waals surface area contributed by atoms with Crippen molar-refractivity contribution in [1.29, 1.82) is 0 Å². The summed E-state index contributed by atoms with van der Waals surface area (Å²) in [5.74, 6) is 0.0826. The van der Waals surface area contributed by atoms with Crippen LogP contribution in [0, 0.1) is 0 Å². The Bertz CT molecular complexity index is 520. The Balaban J connectivity index is 1.86. The zero-order valence-electron chi connectivity index (χ0n) is 14.2. The van der Waals surface area contributed by atoms with Crippen molar-refractivity contribution in [3.8, 4) is 0 Å². The maximum absolute atomic E-state index is 12.3. The van der Waals surface area contributed by atoms with Gasteiger partial charge < -0.3 is 15.0 Å². The van der Waals surface area contributed by atoms with Crippen LogP contribution in [0.4, 0.5) is 4.79 Å². The number of hydrogen-bond donors (Lipinski definition) is 2. The van der Waals surface area contributed by atoms with Gasteiger partial charge in [0.05, 0.1) is 12.2 Å². The second kappa shape index (κ2) is 7.64. The molecule has 1 aromatic rings. The number of likely N-dealkylation sites (tertiary alicyclic amines) is 1. The van der Waals surface area contributed by atoms with Crippen molar-refractivity contribution >= 4 is 11.9 Å². The Labute approximate surface area is 137 Å². The number of aromatic nitrogens is 1. The molecule has 0 aromatic carbocycles. The Kier molecular flexibility index (Phi) is 5.82. The summed E-state index contributed by atoms with van der Waals surface area (Å²) >= 11 is 0. The summed E-state index contributed by atoms with van der Waals surface area (Å²) in [4.78, 5) is 29.2. The lowest BCUT2D eigenvalue weighted by atomic mass is 10.0. The quantitative estimate of drug-likeness (QED) is 0.818. The molecule has 0 saturated carbocycles. The first-order valence-corrected chi connectivity index (χ1v) is 8.22. The molecule has 1 aromatic heterocycles. The zero-order valence-corrected chi connectivity index (χ0v) is 14.2. The molecule has 1 fully saturated rings. The smallest absolute Gasteiger partial charge is 0.407 e. The average Bonchev–Trinajstić information content (AvgIpc) is 2.99. The van der Waals surface area contributed by atoms with Gasteiger partial charge in [0.2, 0.25) is 0 Å². The molecule has 2 N–H and O–H groups in total. The van der Waals surface area contributed by atoms with Crippen molar-refractivity contribution in [3.63, 3.8) is 0 Å². The highest BCUT2D eigenvalue weighted by molar-refractivity contribution is 5.95. The largest absolute Gasteiger partial charge is 0.444 e. The number of amides is 1. The molecular formula is C17H27N3O3. The van der Waals surface area contributed by atoms with Crippen LogP contribution >= 0.6 is 0 Å². The fourth-order valence-corrected chi connectivity index (χ4v) is 2.79. The number of nitrogens with zero attached hydrogens (tertiary/aromatic N) is 1. The highest BCUT2D eigenvalue weighted by Gasteiger charge is 2.26. The predicted octanol–water partition coefficient (Wildman–Crippen LogP) is 2.58. The average molecular weight is 321 g/mol. The number of ketones is 1. The molecule has 6 heteroatoms. The molecule has 6 nitrogen and oxygen atoms in total. The van der Waals surface area contributed by atoms with E-state index in [-0.39, 0.29) is 11.8 Å². The van der Waals surface area contributed by atoms with Gasteiger partial charge >= 0.3 is 6.09 Å². The molecule has 1 atom stereocenters. The van der Waals surface area contributed by atoms with E-state index in [1.54, 1.807) is 12.3 Å². The minimum Gasteiger partial charge on any atom is -0.444 e. The third kappa shape index (κ3) is 5.71. The third-order valence-corrected chi connectivity index (χ3v) is 3.88. The van der Waals surface area contributed by atoms with Crippen molar-refractivity contribution in [2.45, 2.75) is 51.7 Å². The second-order valence-corrected chi connectivity index (χ2v) is 7.01. The summed E-state index contributed by atoms with van der Waals surface area (Å²) in [6, 6.07) is 3.79. The van der Waals surface area contributed by atoms with Crippen LogP contribution in [-0.2, 0) is 4.74 Å². The SMILES string of the molecule is CC(C)(C)OC(=O)NCC1CCCCN1CC(=O)c1ccc[nH]1. The Morgan fingerprint density at radius 3 is 2.83 bits per heavy atom. The minimum atomic E-state index is -0.500. The van der Waals surface area contributed by atoms with Crippen LogP contribution in [0.25, 0.3) is 0 Å². The third-order valence-electron chi connectivity index (χ3n) is 3.88. The fourth-order valence-electron chi connectivity index (χ4n) is 2.79. The monoisotopic (exact) mass is 321 g/mol. The summed E-state index contributed by atoms with van der Waals surface area (Å²) in [5, 5.41) is 2.82. The van der Waals surface area contributed by atoms with Crippen molar-refractivity contribution in [2.75, 3.05) is 19.6 Å². The summed E-state index contributed by atoms with van der Waals surface area (Å²) in [6.45, 7) is 7.29. The summed E-state index contributed by atoms with van der Waals surface area (Å²) in [7, 11) is 0. The van der Waals surface area contributed by atoms with Gasteiger partial charge in [0, 0.05) is 18.8 Å². The standard InChI is InChI=1S/C17H27N3O3/c1-17(2,3)23-16(22)19-11-13-7-4-5-10-20(13)12-15(21)14-8-6-9-18-14/h6,8-9,13,18H,4-5,7,10-12H2,1-3H3,(H,19,22). The van der Waals surface area contributed by atoms with E-state index >= 15 is 0 Å². The van der Waals surface area contributed by atoms with E-state index in [4.69, 9.17) is 4.74 Å². The van der Waals surface area contributed by atoms with Crippen LogP contribution in [0.3, 0.4) is 0 Å². The lowest BCUT2D eigenvalue weighted by Gasteiger charge is -2.35. The number of nitrogens with one attached hydrogen (secondary N) is 2. The number of H-pyrrole nitrogens is 1. The van der Waals surface area contributed by atoms with E-state index < -0.39 is 11.7 Å². The van der Waals surface area contributed by atoms with Crippen LogP contribution in [-0.4, -0.2) is 53.0 Å². The first-order chi connectivity index (χ1) is 10.8. The normalized spacial score (nSPS) is 19.3. The summed E-state index contributed by atoms with van der Waals surface area (Å²) in [5.41, 5.74) is 0.134. The fraction of sp³-hybridized carbons (Fsp3) is 0.647. The van der Waals surface area contributed by atoms with E-state index in [2.05, 4.69) is 15.2 Å². The van der Waals surface area contributed by atoms with Gasteiger partial charge in [0.15, 0.2) is 5.78 Å². The topological polar surface area (TPSA) is 74.4 Å². The maximum Gasteiger partial charge on any atom is 0.407 e. The maximum atomic E-state index is 12.3. The number of Topliss-reactive ketones (excluding diaryl/α,β-unsaturated/α-hetero) is 1. The van der Waals surface area contributed by atoms with E-state index in [1.165, 1.54) is 0 Å². The van der Waals surface area contributed by atoms with Crippen LogP contribution in [0.5, 0.6) is 0 Å². The van der Waals surface area contributed by atoms with Crippen LogP contribution in [0.15, 0.2) is 18.3 Å². The lowest BCUT2D eigenvalue weighted by molar-refractivity contribution is 0.0495. The second-order valence-electron chi connectivity index (χ2n) is 7.01. The van der Waals surface area contributed by atoms with Crippen LogP contribution < -0.4 is 5.32 Å². The van der Waals surface area contributed by atoms with E-state index in [9.17, 15) is 9.59 Å². The number of hydrogen-bond acceptors (Lipinski definition) is 4. The van der Waals surface area contributed by atoms with E-state index in [0.29, 0.717) is 18.8 Å². The van der Waals surface area contributed by atoms with Gasteiger partial charge in [-0.25, -0.2) is 4.79 Å². The van der Waals surface area contributed by atoms with Crippen molar-refractivity contribution in [2.24, 2.45) is 0 Å². The number of carbonyl (C=O) groups excluding carboxylic acids is 2. The molecule has 0 radical (unpaired) electrons. The minimum absolute atomic E-state index is 0.0826. The van der Waals surface area contributed by atoms with Gasteiger partial charge in [-0.1, -0.05) is 6.42 Å². The van der Waals surface area contributed by atoms with Crippen LogP contribution in [0.2, 0.25) is 0 Å². The molecule has 2 heterocycles. The van der Waals surface area contributed by atoms with Gasteiger partial charge in [-0.05, 0) is 52.3 Å². The van der Waals surface area contributed by atoms with Crippen molar-refractivity contribution < 1.29 is 14.3 Å². The summed E-state index contributed by atoms with van der Waals surface area (Å²) < 4.78 is 5.26. The molecule has 1 amide bonds. The molecule has 0 spiro atoms. The molecule has 23 heavy (non-hydrogen) atoms. The Morgan fingerprint density at radius 1 is 1.39 bits per heavy atom. The lowest BCUT2D eigenvalue weighted by Crippen LogP contribution is -2.49. The molecule has 1 aliphatic rings. The van der Waals surface area contributed by atoms with Gasteiger partial charge in [-0.2, -0.15) is 0 Å². The van der Waals surface area contributed by atoms with Crippen molar-refractivity contribution in [1.82, 2.24) is 15.2 Å². The summed E-state index contributed by atoms with van der Waals surface area (Å²) in [6.07, 6.45) is 4.53. The Morgan fingerprint density at radius 2 is 2.17 bits per heavy atom. The number of alkyl carbamates (subject to hydrolysis) is 1. The first-order valence-electron chi connectivity index (χ1n) is 8.22. The highest BCUT2D eigenvalue weighted by Crippen LogP contribution is 2.17. The molecule has 1 saturated heterocycles.